The summed E-state index contributed by atoms with van der Waals surface area (Å²) >= 11 is 5.87. The molecule has 0 saturated heterocycles. The largest absolute Gasteiger partial charge is 0.497 e. The second-order valence-electron chi connectivity index (χ2n) is 5.50. The van der Waals surface area contributed by atoms with Crippen LogP contribution in [-0.2, 0) is 24.2 Å². The molecule has 2 aromatic rings. The molecule has 3 rings (SSSR count). The minimum atomic E-state index is 0.156. The van der Waals surface area contributed by atoms with Crippen LogP contribution in [0.5, 0.6) is 5.75 Å². The Morgan fingerprint density at radius 1 is 1.18 bits per heavy atom. The highest BCUT2D eigenvalue weighted by Gasteiger charge is 2.21. The summed E-state index contributed by atoms with van der Waals surface area (Å²) in [5.74, 6) is 1.03. The van der Waals surface area contributed by atoms with Crippen molar-refractivity contribution in [3.8, 4) is 5.75 Å². The lowest BCUT2D eigenvalue weighted by Crippen LogP contribution is -2.36. The van der Waals surface area contributed by atoms with Crippen molar-refractivity contribution < 1.29 is 9.53 Å². The van der Waals surface area contributed by atoms with E-state index in [1.165, 1.54) is 11.1 Å². The van der Waals surface area contributed by atoms with E-state index < -0.39 is 0 Å². The molecule has 0 aliphatic carbocycles. The van der Waals surface area contributed by atoms with E-state index in [9.17, 15) is 4.79 Å². The van der Waals surface area contributed by atoms with Crippen molar-refractivity contribution in [1.29, 1.82) is 0 Å². The van der Waals surface area contributed by atoms with Crippen molar-refractivity contribution in [2.24, 2.45) is 0 Å². The van der Waals surface area contributed by atoms with Gasteiger partial charge in [-0.2, -0.15) is 0 Å². The number of ether oxygens (including phenoxy) is 1. The van der Waals surface area contributed by atoms with E-state index in [4.69, 9.17) is 16.3 Å². The molecule has 1 heterocycles. The van der Waals surface area contributed by atoms with Gasteiger partial charge in [0.1, 0.15) is 5.75 Å². The van der Waals surface area contributed by atoms with E-state index in [2.05, 4.69) is 12.1 Å². The van der Waals surface area contributed by atoms with E-state index in [-0.39, 0.29) is 5.91 Å². The Bertz CT molecular complexity index is 682. The number of halogens is 1. The molecule has 1 amide bonds. The molecular weight excluding hydrogens is 298 g/mol. The maximum absolute atomic E-state index is 12.5. The summed E-state index contributed by atoms with van der Waals surface area (Å²) in [6, 6.07) is 13.5. The number of hydrogen-bond acceptors (Lipinski definition) is 2. The molecule has 0 fully saturated rings. The highest BCUT2D eigenvalue weighted by Crippen LogP contribution is 2.24. The van der Waals surface area contributed by atoms with Crippen molar-refractivity contribution in [3.63, 3.8) is 0 Å². The molecule has 0 unspecified atom stereocenters. The van der Waals surface area contributed by atoms with Crippen molar-refractivity contribution in [1.82, 2.24) is 4.90 Å². The van der Waals surface area contributed by atoms with Crippen molar-refractivity contribution in [2.45, 2.75) is 19.4 Å². The monoisotopic (exact) mass is 315 g/mol. The third-order valence-electron chi connectivity index (χ3n) is 4.05. The molecule has 0 saturated carbocycles. The Kier molecular flexibility index (Phi) is 4.34. The summed E-state index contributed by atoms with van der Waals surface area (Å²) in [6.45, 7) is 1.43. The SMILES string of the molecule is COc1ccc2c(c1)CCN(C(=O)Cc1ccc(Cl)cc1)C2. The number of methoxy groups -OCH3 is 1. The first-order valence-electron chi connectivity index (χ1n) is 7.34. The van der Waals surface area contributed by atoms with Crippen LogP contribution in [0.2, 0.25) is 5.02 Å². The second-order valence-corrected chi connectivity index (χ2v) is 5.94. The molecule has 1 aliphatic rings. The number of fused-ring (bicyclic) bond motifs is 1. The van der Waals surface area contributed by atoms with Crippen LogP contribution in [0.25, 0.3) is 0 Å². The first-order chi connectivity index (χ1) is 10.7. The van der Waals surface area contributed by atoms with Crippen LogP contribution in [0.3, 0.4) is 0 Å². The standard InChI is InChI=1S/C18H18ClNO2/c1-22-17-7-4-15-12-20(9-8-14(15)11-17)18(21)10-13-2-5-16(19)6-3-13/h2-7,11H,8-10,12H2,1H3. The van der Waals surface area contributed by atoms with E-state index >= 15 is 0 Å². The number of carbonyl (C=O) groups is 1. The Balaban J connectivity index is 1.68. The lowest BCUT2D eigenvalue weighted by atomic mass is 9.99. The molecule has 2 aromatic carbocycles. The summed E-state index contributed by atoms with van der Waals surface area (Å²) in [6.07, 6.45) is 1.29. The maximum Gasteiger partial charge on any atom is 0.227 e. The zero-order valence-corrected chi connectivity index (χ0v) is 13.3. The zero-order valence-electron chi connectivity index (χ0n) is 12.5. The number of hydrogen-bond donors (Lipinski definition) is 0. The topological polar surface area (TPSA) is 29.5 Å². The number of nitrogens with zero attached hydrogens (tertiary/aromatic N) is 1. The minimum absolute atomic E-state index is 0.156. The molecule has 0 bridgehead atoms. The number of amides is 1. The van der Waals surface area contributed by atoms with Crippen molar-refractivity contribution in [3.05, 3.63) is 64.2 Å². The molecular formula is C18H18ClNO2. The number of carbonyl (C=O) groups excluding carboxylic acids is 1. The van der Waals surface area contributed by atoms with E-state index in [0.717, 1.165) is 24.3 Å². The molecule has 0 atom stereocenters. The van der Waals surface area contributed by atoms with Crippen LogP contribution >= 0.6 is 11.6 Å². The van der Waals surface area contributed by atoms with Crippen LogP contribution in [0.15, 0.2) is 42.5 Å². The number of benzene rings is 2. The Morgan fingerprint density at radius 3 is 2.68 bits per heavy atom. The Hall–Kier alpha value is -2.00. The van der Waals surface area contributed by atoms with Crippen molar-refractivity contribution in [2.75, 3.05) is 13.7 Å². The summed E-state index contributed by atoms with van der Waals surface area (Å²) in [5, 5.41) is 0.692. The van der Waals surface area contributed by atoms with Gasteiger partial charge in [0, 0.05) is 18.1 Å². The highest BCUT2D eigenvalue weighted by molar-refractivity contribution is 6.30. The molecule has 1 aliphatic heterocycles. The molecule has 114 valence electrons. The minimum Gasteiger partial charge on any atom is -0.497 e. The fourth-order valence-electron chi connectivity index (χ4n) is 2.76. The first kappa shape index (κ1) is 14.9. The normalized spacial score (nSPS) is 13.6. The molecule has 0 spiro atoms. The predicted molar refractivity (Wildman–Crippen MR) is 87.3 cm³/mol. The van der Waals surface area contributed by atoms with Crippen molar-refractivity contribution >= 4 is 17.5 Å². The summed E-state index contributed by atoms with van der Waals surface area (Å²) in [4.78, 5) is 14.4. The molecule has 4 heteroatoms. The maximum atomic E-state index is 12.5. The molecule has 0 aromatic heterocycles. The van der Waals surface area contributed by atoms with Gasteiger partial charge in [0.15, 0.2) is 0 Å². The van der Waals surface area contributed by atoms with Crippen LogP contribution in [0.4, 0.5) is 0 Å². The second kappa shape index (κ2) is 6.41. The molecule has 3 nitrogen and oxygen atoms in total. The lowest BCUT2D eigenvalue weighted by molar-refractivity contribution is -0.131. The van der Waals surface area contributed by atoms with Gasteiger partial charge in [0.25, 0.3) is 0 Å². The average molecular weight is 316 g/mol. The fraction of sp³-hybridized carbons (Fsp3) is 0.278. The van der Waals surface area contributed by atoms with Gasteiger partial charge in [-0.3, -0.25) is 4.79 Å². The summed E-state index contributed by atoms with van der Waals surface area (Å²) in [7, 11) is 1.67. The molecule has 22 heavy (non-hydrogen) atoms. The molecule has 0 N–H and O–H groups in total. The predicted octanol–water partition coefficient (Wildman–Crippen LogP) is 3.48. The lowest BCUT2D eigenvalue weighted by Gasteiger charge is -2.29. The van der Waals surface area contributed by atoms with E-state index in [1.807, 2.05) is 35.2 Å². The van der Waals surface area contributed by atoms with Crippen LogP contribution in [-0.4, -0.2) is 24.5 Å². The Morgan fingerprint density at radius 2 is 1.95 bits per heavy atom. The van der Waals surface area contributed by atoms with Crippen LogP contribution in [0.1, 0.15) is 16.7 Å². The zero-order chi connectivity index (χ0) is 15.5. The van der Waals surface area contributed by atoms with E-state index in [1.54, 1.807) is 7.11 Å². The average Bonchev–Trinajstić information content (AvgIpc) is 2.56. The third-order valence-corrected chi connectivity index (χ3v) is 4.30. The summed E-state index contributed by atoms with van der Waals surface area (Å²) < 4.78 is 5.25. The van der Waals surface area contributed by atoms with Gasteiger partial charge in [0.2, 0.25) is 5.91 Å². The van der Waals surface area contributed by atoms with Crippen LogP contribution in [0, 0.1) is 0 Å². The van der Waals surface area contributed by atoms with Gasteiger partial charge in [0.05, 0.1) is 13.5 Å². The smallest absolute Gasteiger partial charge is 0.227 e. The third kappa shape index (κ3) is 3.25. The van der Waals surface area contributed by atoms with Crippen LogP contribution < -0.4 is 4.74 Å². The Labute approximate surface area is 135 Å². The van der Waals surface area contributed by atoms with Gasteiger partial charge in [-0.05, 0) is 47.4 Å². The quantitative estimate of drug-likeness (QED) is 0.868. The number of rotatable bonds is 3. The van der Waals surface area contributed by atoms with E-state index in [0.29, 0.717) is 18.0 Å². The summed E-state index contributed by atoms with van der Waals surface area (Å²) in [5.41, 5.74) is 3.47. The van der Waals surface area contributed by atoms with Gasteiger partial charge in [-0.25, -0.2) is 0 Å². The van der Waals surface area contributed by atoms with Gasteiger partial charge in [-0.15, -0.1) is 0 Å². The first-order valence-corrected chi connectivity index (χ1v) is 7.71. The highest BCUT2D eigenvalue weighted by atomic mass is 35.5. The van der Waals surface area contributed by atoms with Gasteiger partial charge in [-0.1, -0.05) is 29.8 Å². The van der Waals surface area contributed by atoms with Gasteiger partial charge >= 0.3 is 0 Å². The fourth-order valence-corrected chi connectivity index (χ4v) is 2.88. The molecule has 0 radical (unpaired) electrons. The van der Waals surface area contributed by atoms with Gasteiger partial charge < -0.3 is 9.64 Å².